The summed E-state index contributed by atoms with van der Waals surface area (Å²) in [6.45, 7) is 6.25. The van der Waals surface area contributed by atoms with E-state index in [9.17, 15) is 14.4 Å². The van der Waals surface area contributed by atoms with Gasteiger partial charge in [0.25, 0.3) is 0 Å². The molecule has 0 fully saturated rings. The van der Waals surface area contributed by atoms with Crippen LogP contribution >= 0.6 is 0 Å². The third-order valence-electron chi connectivity index (χ3n) is 5.97. The van der Waals surface area contributed by atoms with Gasteiger partial charge < -0.3 is 26.0 Å². The molecule has 0 aromatic heterocycles. The van der Waals surface area contributed by atoms with Gasteiger partial charge in [-0.05, 0) is 68.9 Å². The van der Waals surface area contributed by atoms with Crippen molar-refractivity contribution in [1.82, 2.24) is 16.0 Å². The third kappa shape index (κ3) is 11.6. The fraction of sp³-hybridized carbons (Fsp3) is 0.344. The van der Waals surface area contributed by atoms with Gasteiger partial charge in [0.15, 0.2) is 0 Å². The molecule has 0 heterocycles. The molecule has 3 aromatic carbocycles. The van der Waals surface area contributed by atoms with Gasteiger partial charge in [-0.3, -0.25) is 4.79 Å². The molecule has 0 aliphatic carbocycles. The lowest BCUT2D eigenvalue weighted by molar-refractivity contribution is -0.121. The zero-order valence-corrected chi connectivity index (χ0v) is 23.5. The highest BCUT2D eigenvalue weighted by atomic mass is 16.6. The number of carbonyl (C=O) groups excluding carboxylic acids is 3. The zero-order chi connectivity index (χ0) is 28.8. The molecule has 3 aromatic rings. The van der Waals surface area contributed by atoms with Crippen LogP contribution in [0.5, 0.6) is 0 Å². The Morgan fingerprint density at radius 3 is 2.02 bits per heavy atom. The van der Waals surface area contributed by atoms with Crippen molar-refractivity contribution in [1.29, 1.82) is 0 Å². The predicted octanol–water partition coefficient (Wildman–Crippen LogP) is 5.90. The number of rotatable bonds is 12. The minimum atomic E-state index is -0.549. The zero-order valence-electron chi connectivity index (χ0n) is 23.5. The molecule has 8 heteroatoms. The lowest BCUT2D eigenvalue weighted by Crippen LogP contribution is -2.40. The summed E-state index contributed by atoms with van der Waals surface area (Å²) in [6.07, 6.45) is 1.47. The van der Waals surface area contributed by atoms with Crippen LogP contribution in [0.2, 0.25) is 0 Å². The molecular formula is C32H40N4O4. The largest absolute Gasteiger partial charge is 0.444 e. The molecule has 40 heavy (non-hydrogen) atoms. The Hall–Kier alpha value is -4.33. The van der Waals surface area contributed by atoms with Crippen LogP contribution < -0.4 is 21.3 Å². The fourth-order valence-electron chi connectivity index (χ4n) is 4.07. The quantitative estimate of drug-likeness (QED) is 0.213. The van der Waals surface area contributed by atoms with Crippen molar-refractivity contribution in [2.75, 3.05) is 18.4 Å². The summed E-state index contributed by atoms with van der Waals surface area (Å²) in [5.41, 5.74) is 3.40. The van der Waals surface area contributed by atoms with Gasteiger partial charge in [-0.25, -0.2) is 9.59 Å². The van der Waals surface area contributed by atoms with Gasteiger partial charge in [-0.1, -0.05) is 72.8 Å². The Kier molecular flexibility index (Phi) is 11.6. The van der Waals surface area contributed by atoms with Crippen LogP contribution in [0.3, 0.4) is 0 Å². The van der Waals surface area contributed by atoms with Crippen LogP contribution in [0.15, 0.2) is 84.9 Å². The Balaban J connectivity index is 1.46. The molecule has 4 amide bonds. The Morgan fingerprint density at radius 1 is 0.775 bits per heavy atom. The molecule has 212 valence electrons. The van der Waals surface area contributed by atoms with Gasteiger partial charge in [0.2, 0.25) is 5.91 Å². The number of amides is 4. The average Bonchev–Trinajstić information content (AvgIpc) is 2.92. The summed E-state index contributed by atoms with van der Waals surface area (Å²) in [7, 11) is 0. The van der Waals surface area contributed by atoms with Crippen LogP contribution in [-0.2, 0) is 16.0 Å². The minimum absolute atomic E-state index is 0.103. The highest BCUT2D eigenvalue weighted by Crippen LogP contribution is 2.21. The molecule has 1 atom stereocenters. The second kappa shape index (κ2) is 15.3. The van der Waals surface area contributed by atoms with E-state index < -0.39 is 11.7 Å². The van der Waals surface area contributed by atoms with Crippen LogP contribution in [0.4, 0.5) is 15.3 Å². The van der Waals surface area contributed by atoms with E-state index in [-0.39, 0.29) is 24.4 Å². The van der Waals surface area contributed by atoms with E-state index >= 15 is 0 Å². The molecule has 0 unspecified atom stereocenters. The number of anilines is 1. The molecule has 0 bridgehead atoms. The molecule has 3 rings (SSSR count). The first-order valence-electron chi connectivity index (χ1n) is 13.7. The van der Waals surface area contributed by atoms with Gasteiger partial charge in [-0.15, -0.1) is 0 Å². The minimum Gasteiger partial charge on any atom is -0.444 e. The standard InChI is InChI=1S/C32H40N4O4/c1-32(2,3)40-31(39)34-22-10-21-33-29(37)20-19-28(23-24-11-6-4-7-12-24)36-30(38)35-27-17-15-26(16-18-27)25-13-8-5-9-14-25/h4-9,11-18,28H,10,19-23H2,1-3H3,(H,33,37)(H,34,39)(H2,35,36,38)/t28-/m1/s1. The topological polar surface area (TPSA) is 109 Å². The molecule has 0 saturated heterocycles. The third-order valence-corrected chi connectivity index (χ3v) is 5.97. The van der Waals surface area contributed by atoms with Crippen molar-refractivity contribution in [3.05, 3.63) is 90.5 Å². The molecule has 0 aliphatic heterocycles. The molecule has 0 radical (unpaired) electrons. The molecule has 4 N–H and O–H groups in total. The van der Waals surface area contributed by atoms with Gasteiger partial charge in [-0.2, -0.15) is 0 Å². The van der Waals surface area contributed by atoms with E-state index in [1.54, 1.807) is 20.8 Å². The molecule has 0 saturated carbocycles. The normalized spacial score (nSPS) is 11.7. The maximum absolute atomic E-state index is 12.8. The number of urea groups is 1. The number of hydrogen-bond acceptors (Lipinski definition) is 4. The van der Waals surface area contributed by atoms with E-state index in [0.717, 1.165) is 16.7 Å². The second-order valence-electron chi connectivity index (χ2n) is 10.6. The van der Waals surface area contributed by atoms with Crippen molar-refractivity contribution in [2.45, 2.75) is 58.1 Å². The number of hydrogen-bond donors (Lipinski definition) is 4. The van der Waals surface area contributed by atoms with Gasteiger partial charge in [0.1, 0.15) is 5.60 Å². The molecule has 0 aliphatic rings. The second-order valence-corrected chi connectivity index (χ2v) is 10.6. The highest BCUT2D eigenvalue weighted by molar-refractivity contribution is 5.89. The smallest absolute Gasteiger partial charge is 0.407 e. The highest BCUT2D eigenvalue weighted by Gasteiger charge is 2.17. The molecule has 0 spiro atoms. The number of ether oxygens (including phenoxy) is 1. The Bertz CT molecular complexity index is 1210. The Morgan fingerprint density at radius 2 is 1.38 bits per heavy atom. The summed E-state index contributed by atoms with van der Waals surface area (Å²) in [6, 6.07) is 27.1. The number of nitrogens with one attached hydrogen (secondary N) is 4. The summed E-state index contributed by atoms with van der Waals surface area (Å²) in [5.74, 6) is -0.103. The van der Waals surface area contributed by atoms with Crippen molar-refractivity contribution >= 4 is 23.7 Å². The first kappa shape index (κ1) is 30.2. The SMILES string of the molecule is CC(C)(C)OC(=O)NCCCNC(=O)CC[C@H](Cc1ccccc1)NC(=O)Nc1ccc(-c2ccccc2)cc1. The van der Waals surface area contributed by atoms with Crippen LogP contribution in [-0.4, -0.2) is 42.8 Å². The summed E-state index contributed by atoms with van der Waals surface area (Å²) in [5, 5.41) is 11.5. The fourth-order valence-corrected chi connectivity index (χ4v) is 4.07. The van der Waals surface area contributed by atoms with Crippen molar-refractivity contribution in [3.63, 3.8) is 0 Å². The molecular weight excluding hydrogens is 504 g/mol. The lowest BCUT2D eigenvalue weighted by Gasteiger charge is -2.20. The summed E-state index contributed by atoms with van der Waals surface area (Å²) >= 11 is 0. The number of alkyl carbamates (subject to hydrolysis) is 1. The maximum Gasteiger partial charge on any atom is 0.407 e. The maximum atomic E-state index is 12.8. The van der Waals surface area contributed by atoms with Crippen molar-refractivity contribution < 1.29 is 19.1 Å². The van der Waals surface area contributed by atoms with E-state index in [2.05, 4.69) is 21.3 Å². The monoisotopic (exact) mass is 544 g/mol. The first-order valence-corrected chi connectivity index (χ1v) is 13.7. The van der Waals surface area contributed by atoms with Crippen molar-refractivity contribution in [2.24, 2.45) is 0 Å². The van der Waals surface area contributed by atoms with Crippen LogP contribution in [0.1, 0.15) is 45.6 Å². The predicted molar refractivity (Wildman–Crippen MR) is 159 cm³/mol. The summed E-state index contributed by atoms with van der Waals surface area (Å²) < 4.78 is 5.19. The Labute approximate surface area is 236 Å². The average molecular weight is 545 g/mol. The first-order chi connectivity index (χ1) is 19.2. The van der Waals surface area contributed by atoms with Gasteiger partial charge >= 0.3 is 12.1 Å². The lowest BCUT2D eigenvalue weighted by atomic mass is 10.0. The van der Waals surface area contributed by atoms with E-state index in [1.807, 2.05) is 84.9 Å². The van der Waals surface area contributed by atoms with Gasteiger partial charge in [0.05, 0.1) is 0 Å². The van der Waals surface area contributed by atoms with E-state index in [1.165, 1.54) is 0 Å². The van der Waals surface area contributed by atoms with Crippen LogP contribution in [0.25, 0.3) is 11.1 Å². The van der Waals surface area contributed by atoms with Gasteiger partial charge in [0, 0.05) is 31.2 Å². The number of benzene rings is 3. The van der Waals surface area contributed by atoms with E-state index in [0.29, 0.717) is 38.0 Å². The summed E-state index contributed by atoms with van der Waals surface area (Å²) in [4.78, 5) is 37.0. The van der Waals surface area contributed by atoms with Crippen LogP contribution in [0, 0.1) is 0 Å². The molecule has 8 nitrogen and oxygen atoms in total. The van der Waals surface area contributed by atoms with E-state index in [4.69, 9.17) is 4.74 Å². The van der Waals surface area contributed by atoms with Crippen molar-refractivity contribution in [3.8, 4) is 11.1 Å². The number of carbonyl (C=O) groups is 3.